The fourth-order valence-electron chi connectivity index (χ4n) is 1.46. The first-order valence-corrected chi connectivity index (χ1v) is 7.01. The van der Waals surface area contributed by atoms with Crippen molar-refractivity contribution in [2.24, 2.45) is 10.8 Å². The zero-order chi connectivity index (χ0) is 16.5. The fraction of sp³-hybridized carbons (Fsp3) is 0.308. The van der Waals surface area contributed by atoms with E-state index in [0.29, 0.717) is 11.3 Å². The Morgan fingerprint density at radius 3 is 2.86 bits per heavy atom. The van der Waals surface area contributed by atoms with E-state index in [9.17, 15) is 4.79 Å². The van der Waals surface area contributed by atoms with E-state index in [1.165, 1.54) is 13.3 Å². The van der Waals surface area contributed by atoms with Gasteiger partial charge in [0.25, 0.3) is 0 Å². The van der Waals surface area contributed by atoms with E-state index in [4.69, 9.17) is 31.5 Å². The van der Waals surface area contributed by atoms with E-state index in [-0.39, 0.29) is 29.1 Å². The zero-order valence-corrected chi connectivity index (χ0v) is 13.7. The number of hydrazone groups is 1. The fourth-order valence-corrected chi connectivity index (χ4v) is 1.78. The number of nitrogens with zero attached hydrogens (tertiary/aromatic N) is 1. The highest BCUT2D eigenvalue weighted by atomic mass is 35.5. The number of nitrogens with one attached hydrogen (secondary N) is 1. The van der Waals surface area contributed by atoms with E-state index in [2.05, 4.69) is 22.7 Å². The number of hydrogen-bond donors (Lipinski definition) is 2. The Balaban J connectivity index is 2.88. The van der Waals surface area contributed by atoms with Crippen molar-refractivity contribution in [3.63, 3.8) is 0 Å². The summed E-state index contributed by atoms with van der Waals surface area (Å²) in [6, 6.07) is 3.23. The number of hydrogen-bond acceptors (Lipinski definition) is 6. The normalized spacial score (nSPS) is 10.3. The molecule has 3 N–H and O–H groups in total. The Kier molecular flexibility index (Phi) is 7.41. The molecule has 0 saturated heterocycles. The summed E-state index contributed by atoms with van der Waals surface area (Å²) in [5, 5.41) is 4.12. The molecule has 0 aliphatic rings. The number of benzene rings is 1. The van der Waals surface area contributed by atoms with Crippen molar-refractivity contribution in [3.8, 4) is 11.5 Å². The Bertz CT molecular complexity index is 581. The van der Waals surface area contributed by atoms with Crippen molar-refractivity contribution in [3.05, 3.63) is 22.7 Å². The lowest BCUT2D eigenvalue weighted by atomic mass is 10.2. The van der Waals surface area contributed by atoms with Crippen LogP contribution in [0.1, 0.15) is 12.5 Å². The van der Waals surface area contributed by atoms with Crippen molar-refractivity contribution in [2.75, 3.05) is 20.3 Å². The molecule has 0 aromatic heterocycles. The van der Waals surface area contributed by atoms with Crippen LogP contribution in [0.3, 0.4) is 0 Å². The summed E-state index contributed by atoms with van der Waals surface area (Å²) in [4.78, 5) is 11.3. The number of rotatable bonds is 7. The van der Waals surface area contributed by atoms with E-state index in [0.717, 1.165) is 0 Å². The topological polar surface area (TPSA) is 95.2 Å². The lowest BCUT2D eigenvalue weighted by Crippen LogP contribution is -2.24. The Morgan fingerprint density at radius 1 is 1.55 bits per heavy atom. The predicted molar refractivity (Wildman–Crippen MR) is 87.6 cm³/mol. The van der Waals surface area contributed by atoms with E-state index >= 15 is 0 Å². The highest BCUT2D eigenvalue weighted by Crippen LogP contribution is 2.36. The predicted octanol–water partition coefficient (Wildman–Crippen LogP) is 1.46. The number of carbonyl (C=O) groups is 1. The van der Waals surface area contributed by atoms with Gasteiger partial charge < -0.3 is 19.9 Å². The molecule has 120 valence electrons. The maximum atomic E-state index is 11.3. The highest BCUT2D eigenvalue weighted by molar-refractivity contribution is 7.80. The third kappa shape index (κ3) is 5.74. The average Bonchev–Trinajstić information content (AvgIpc) is 2.45. The van der Waals surface area contributed by atoms with Crippen LogP contribution in [0.4, 0.5) is 0 Å². The van der Waals surface area contributed by atoms with Gasteiger partial charge in [-0.1, -0.05) is 11.6 Å². The molecule has 22 heavy (non-hydrogen) atoms. The minimum atomic E-state index is -0.494. The minimum Gasteiger partial charge on any atom is -0.493 e. The van der Waals surface area contributed by atoms with Gasteiger partial charge in [0, 0.05) is 0 Å². The van der Waals surface area contributed by atoms with Crippen LogP contribution in [0.2, 0.25) is 5.02 Å². The van der Waals surface area contributed by atoms with Gasteiger partial charge in [-0.3, -0.25) is 5.43 Å². The molecule has 0 saturated carbocycles. The van der Waals surface area contributed by atoms with Gasteiger partial charge in [0.05, 0.1) is 25.0 Å². The minimum absolute atomic E-state index is 0.0451. The molecule has 0 spiro atoms. The number of thiocarbonyl (C=S) groups is 1. The lowest BCUT2D eigenvalue weighted by Gasteiger charge is -2.12. The Morgan fingerprint density at radius 2 is 2.27 bits per heavy atom. The molecule has 1 rings (SSSR count). The standard InChI is InChI=1S/C13H16ClN3O4S/c1-3-20-11(18)7-21-12-9(14)4-8(5-10(12)19-2)6-16-17-13(15)22/h4-6H,3,7H2,1-2H3,(H3,15,17,22). The number of ether oxygens (including phenoxy) is 3. The summed E-state index contributed by atoms with van der Waals surface area (Å²) in [5.41, 5.74) is 8.31. The van der Waals surface area contributed by atoms with Crippen LogP contribution in [0.5, 0.6) is 11.5 Å². The van der Waals surface area contributed by atoms with Crippen molar-refractivity contribution < 1.29 is 19.0 Å². The molecule has 0 fully saturated rings. The molecule has 0 radical (unpaired) electrons. The van der Waals surface area contributed by atoms with Gasteiger partial charge in [-0.15, -0.1) is 0 Å². The molecule has 1 aromatic rings. The summed E-state index contributed by atoms with van der Waals surface area (Å²) < 4.78 is 15.3. The number of methoxy groups -OCH3 is 1. The third-order valence-electron chi connectivity index (χ3n) is 2.28. The summed E-state index contributed by atoms with van der Waals surface area (Å²) in [5.74, 6) is 0.108. The maximum absolute atomic E-state index is 11.3. The summed E-state index contributed by atoms with van der Waals surface area (Å²) in [6.45, 7) is 1.72. The molecule has 0 aliphatic carbocycles. The highest BCUT2D eigenvalue weighted by Gasteiger charge is 2.13. The van der Waals surface area contributed by atoms with Gasteiger partial charge in [0.15, 0.2) is 23.2 Å². The van der Waals surface area contributed by atoms with E-state index in [1.54, 1.807) is 19.1 Å². The second-order valence-electron chi connectivity index (χ2n) is 3.86. The van der Waals surface area contributed by atoms with Crippen molar-refractivity contribution in [1.82, 2.24) is 5.43 Å². The molecule has 1 aromatic carbocycles. The molecule has 0 atom stereocenters. The van der Waals surface area contributed by atoms with Crippen LogP contribution in [-0.4, -0.2) is 37.6 Å². The van der Waals surface area contributed by atoms with Crippen LogP contribution >= 0.6 is 23.8 Å². The van der Waals surface area contributed by atoms with Crippen LogP contribution in [0.25, 0.3) is 0 Å². The number of halogens is 1. The average molecular weight is 346 g/mol. The molecule has 0 bridgehead atoms. The Hall–Kier alpha value is -2.06. The van der Waals surface area contributed by atoms with Crippen molar-refractivity contribution in [2.45, 2.75) is 6.92 Å². The van der Waals surface area contributed by atoms with Gasteiger partial charge in [-0.25, -0.2) is 4.79 Å². The molecule has 0 aliphatic heterocycles. The molecule has 0 amide bonds. The van der Waals surface area contributed by atoms with Gasteiger partial charge in [0.1, 0.15) is 0 Å². The molecule has 7 nitrogen and oxygen atoms in total. The molecule has 9 heteroatoms. The summed E-state index contributed by atoms with van der Waals surface area (Å²) >= 11 is 10.8. The smallest absolute Gasteiger partial charge is 0.344 e. The van der Waals surface area contributed by atoms with Gasteiger partial charge in [-0.05, 0) is 36.8 Å². The maximum Gasteiger partial charge on any atom is 0.344 e. The monoisotopic (exact) mass is 345 g/mol. The molecule has 0 heterocycles. The summed E-state index contributed by atoms with van der Waals surface area (Å²) in [7, 11) is 1.46. The number of carbonyl (C=O) groups excluding carboxylic acids is 1. The van der Waals surface area contributed by atoms with Gasteiger partial charge in [-0.2, -0.15) is 5.10 Å². The van der Waals surface area contributed by atoms with Gasteiger partial charge in [0.2, 0.25) is 0 Å². The molecule has 0 unspecified atom stereocenters. The van der Waals surface area contributed by atoms with Crippen molar-refractivity contribution >= 4 is 41.1 Å². The SMILES string of the molecule is CCOC(=O)COc1c(Cl)cc(C=NNC(N)=S)cc1OC. The van der Waals surface area contributed by atoms with E-state index in [1.807, 2.05) is 0 Å². The lowest BCUT2D eigenvalue weighted by molar-refractivity contribution is -0.145. The Labute approximate surface area is 138 Å². The largest absolute Gasteiger partial charge is 0.493 e. The van der Waals surface area contributed by atoms with Crippen LogP contribution in [0, 0.1) is 0 Å². The second kappa shape index (κ2) is 9.06. The van der Waals surface area contributed by atoms with Crippen LogP contribution in [0.15, 0.2) is 17.2 Å². The quantitative estimate of drug-likeness (QED) is 0.334. The third-order valence-corrected chi connectivity index (χ3v) is 2.65. The molecular formula is C13H16ClN3O4S. The first-order chi connectivity index (χ1) is 10.5. The van der Waals surface area contributed by atoms with Crippen molar-refractivity contribution in [1.29, 1.82) is 0 Å². The van der Waals surface area contributed by atoms with Crippen LogP contribution < -0.4 is 20.6 Å². The van der Waals surface area contributed by atoms with Gasteiger partial charge >= 0.3 is 5.97 Å². The number of esters is 1. The molecular weight excluding hydrogens is 330 g/mol. The van der Waals surface area contributed by atoms with E-state index < -0.39 is 5.97 Å². The second-order valence-corrected chi connectivity index (χ2v) is 4.71. The van der Waals surface area contributed by atoms with Crippen LogP contribution in [-0.2, 0) is 9.53 Å². The number of nitrogens with two attached hydrogens (primary N) is 1. The zero-order valence-electron chi connectivity index (χ0n) is 12.1. The first-order valence-electron chi connectivity index (χ1n) is 6.22. The first kappa shape index (κ1) is 18.0. The summed E-state index contributed by atoms with van der Waals surface area (Å²) in [6.07, 6.45) is 1.46.